The summed E-state index contributed by atoms with van der Waals surface area (Å²) in [6, 6.07) is 17.2. The molecule has 0 saturated heterocycles. The molecule has 3 N–H and O–H groups in total. The van der Waals surface area contributed by atoms with E-state index in [2.05, 4.69) is 10.3 Å². The van der Waals surface area contributed by atoms with Crippen molar-refractivity contribution in [1.29, 1.82) is 0 Å². The number of ether oxygens (including phenoxy) is 1. The number of aromatic nitrogens is 1. The summed E-state index contributed by atoms with van der Waals surface area (Å²) >= 11 is 0. The standard InChI is InChI=1S/C20H18FN3O2/c21-17-3-1-2-15(10-17)12-23-11-14-4-7-18(8-5-14)26-19-9-6-16(13-24-19)20(22)25/h1-10,13,23H,11-12H2,(H2,22,25). The highest BCUT2D eigenvalue weighted by molar-refractivity contribution is 5.92. The Morgan fingerprint density at radius 2 is 1.81 bits per heavy atom. The first-order valence-corrected chi connectivity index (χ1v) is 8.08. The van der Waals surface area contributed by atoms with Crippen LogP contribution in [-0.4, -0.2) is 10.9 Å². The first kappa shape index (κ1) is 17.6. The van der Waals surface area contributed by atoms with Crippen molar-refractivity contribution in [2.75, 3.05) is 0 Å². The molecule has 6 heteroatoms. The number of amides is 1. The molecule has 0 aliphatic rings. The Hall–Kier alpha value is -3.25. The van der Waals surface area contributed by atoms with Gasteiger partial charge >= 0.3 is 0 Å². The van der Waals surface area contributed by atoms with Gasteiger partial charge in [0.25, 0.3) is 0 Å². The molecule has 132 valence electrons. The van der Waals surface area contributed by atoms with Crippen molar-refractivity contribution in [3.63, 3.8) is 0 Å². The average molecular weight is 351 g/mol. The maximum atomic E-state index is 13.1. The quantitative estimate of drug-likeness (QED) is 0.684. The summed E-state index contributed by atoms with van der Waals surface area (Å²) in [7, 11) is 0. The molecule has 3 rings (SSSR count). The van der Waals surface area contributed by atoms with Gasteiger partial charge in [-0.2, -0.15) is 0 Å². The van der Waals surface area contributed by atoms with Crippen molar-refractivity contribution in [2.24, 2.45) is 5.73 Å². The van der Waals surface area contributed by atoms with Gasteiger partial charge in [0, 0.05) is 25.4 Å². The Morgan fingerprint density at radius 3 is 2.46 bits per heavy atom. The van der Waals surface area contributed by atoms with Gasteiger partial charge in [-0.3, -0.25) is 4.79 Å². The van der Waals surface area contributed by atoms with Gasteiger partial charge in [-0.15, -0.1) is 0 Å². The van der Waals surface area contributed by atoms with Crippen LogP contribution in [0.3, 0.4) is 0 Å². The molecule has 0 aliphatic carbocycles. The van der Waals surface area contributed by atoms with E-state index in [0.29, 0.717) is 30.3 Å². The largest absolute Gasteiger partial charge is 0.439 e. The second-order valence-electron chi connectivity index (χ2n) is 5.73. The maximum Gasteiger partial charge on any atom is 0.250 e. The van der Waals surface area contributed by atoms with E-state index >= 15 is 0 Å². The fourth-order valence-electron chi connectivity index (χ4n) is 2.38. The number of nitrogens with zero attached hydrogens (tertiary/aromatic N) is 1. The molecular formula is C20H18FN3O2. The van der Waals surface area contributed by atoms with Crippen LogP contribution in [0.2, 0.25) is 0 Å². The summed E-state index contributed by atoms with van der Waals surface area (Å²) in [4.78, 5) is 15.1. The zero-order chi connectivity index (χ0) is 18.4. The van der Waals surface area contributed by atoms with Crippen molar-refractivity contribution in [3.05, 3.63) is 89.4 Å². The second-order valence-corrected chi connectivity index (χ2v) is 5.73. The molecule has 0 bridgehead atoms. The SMILES string of the molecule is NC(=O)c1ccc(Oc2ccc(CNCc3cccc(F)c3)cc2)nc1. The molecule has 0 fully saturated rings. The van der Waals surface area contributed by atoms with Crippen molar-refractivity contribution in [1.82, 2.24) is 10.3 Å². The number of pyridine rings is 1. The number of carbonyl (C=O) groups excluding carboxylic acids is 1. The normalized spacial score (nSPS) is 10.5. The summed E-state index contributed by atoms with van der Waals surface area (Å²) in [5, 5.41) is 3.27. The topological polar surface area (TPSA) is 77.2 Å². The van der Waals surface area contributed by atoms with E-state index in [4.69, 9.17) is 10.5 Å². The summed E-state index contributed by atoms with van der Waals surface area (Å²) < 4.78 is 18.8. The zero-order valence-electron chi connectivity index (χ0n) is 14.0. The Morgan fingerprint density at radius 1 is 1.04 bits per heavy atom. The molecular weight excluding hydrogens is 333 g/mol. The van der Waals surface area contributed by atoms with E-state index in [1.165, 1.54) is 18.3 Å². The Bertz CT molecular complexity index is 880. The number of halogens is 1. The van der Waals surface area contributed by atoms with E-state index in [0.717, 1.165) is 11.1 Å². The van der Waals surface area contributed by atoms with Gasteiger partial charge in [-0.1, -0.05) is 24.3 Å². The Labute approximate surface area is 150 Å². The molecule has 0 spiro atoms. The molecule has 5 nitrogen and oxygen atoms in total. The third kappa shape index (κ3) is 4.87. The predicted octanol–water partition coefficient (Wildman–Crippen LogP) is 3.40. The van der Waals surface area contributed by atoms with Gasteiger partial charge in [0.05, 0.1) is 5.56 Å². The van der Waals surface area contributed by atoms with Gasteiger partial charge < -0.3 is 15.8 Å². The third-order valence-corrected chi connectivity index (χ3v) is 3.71. The zero-order valence-corrected chi connectivity index (χ0v) is 14.0. The van der Waals surface area contributed by atoms with Crippen LogP contribution >= 0.6 is 0 Å². The number of carbonyl (C=O) groups is 1. The van der Waals surface area contributed by atoms with E-state index in [1.54, 1.807) is 18.2 Å². The number of hydrogen-bond acceptors (Lipinski definition) is 4. The first-order valence-electron chi connectivity index (χ1n) is 8.08. The van der Waals surface area contributed by atoms with Crippen molar-refractivity contribution in [2.45, 2.75) is 13.1 Å². The lowest BCUT2D eigenvalue weighted by molar-refractivity contribution is 0.1000. The summed E-state index contributed by atoms with van der Waals surface area (Å²) in [6.07, 6.45) is 1.38. The minimum absolute atomic E-state index is 0.233. The molecule has 2 aromatic carbocycles. The molecule has 1 amide bonds. The summed E-state index contributed by atoms with van der Waals surface area (Å²) in [5.41, 5.74) is 7.48. The number of hydrogen-bond donors (Lipinski definition) is 2. The van der Waals surface area contributed by atoms with E-state index in [9.17, 15) is 9.18 Å². The predicted molar refractivity (Wildman–Crippen MR) is 96.2 cm³/mol. The van der Waals surface area contributed by atoms with Crippen molar-refractivity contribution in [3.8, 4) is 11.6 Å². The molecule has 1 heterocycles. The minimum Gasteiger partial charge on any atom is -0.439 e. The molecule has 3 aromatic rings. The van der Waals surface area contributed by atoms with E-state index in [1.807, 2.05) is 30.3 Å². The fraction of sp³-hybridized carbons (Fsp3) is 0.100. The highest BCUT2D eigenvalue weighted by Crippen LogP contribution is 2.20. The van der Waals surface area contributed by atoms with Crippen LogP contribution in [-0.2, 0) is 13.1 Å². The monoisotopic (exact) mass is 351 g/mol. The molecule has 0 unspecified atom stereocenters. The van der Waals surface area contributed by atoms with Crippen LogP contribution in [0, 0.1) is 5.82 Å². The Kier molecular flexibility index (Phi) is 5.56. The van der Waals surface area contributed by atoms with Crippen molar-refractivity contribution < 1.29 is 13.9 Å². The molecule has 0 radical (unpaired) electrons. The van der Waals surface area contributed by atoms with Crippen LogP contribution in [0.15, 0.2) is 66.9 Å². The van der Waals surface area contributed by atoms with Crippen LogP contribution in [0.4, 0.5) is 4.39 Å². The molecule has 0 atom stereocenters. The van der Waals surface area contributed by atoms with Gasteiger partial charge in [0.2, 0.25) is 11.8 Å². The van der Waals surface area contributed by atoms with Gasteiger partial charge in [-0.05, 0) is 41.5 Å². The van der Waals surface area contributed by atoms with E-state index in [-0.39, 0.29) is 5.82 Å². The lowest BCUT2D eigenvalue weighted by Gasteiger charge is -2.08. The van der Waals surface area contributed by atoms with Crippen LogP contribution < -0.4 is 15.8 Å². The minimum atomic E-state index is -0.529. The lowest BCUT2D eigenvalue weighted by Crippen LogP contribution is -2.12. The first-order chi connectivity index (χ1) is 12.6. The van der Waals surface area contributed by atoms with Gasteiger partial charge in [0.15, 0.2) is 0 Å². The lowest BCUT2D eigenvalue weighted by atomic mass is 10.2. The number of nitrogens with two attached hydrogens (primary N) is 1. The van der Waals surface area contributed by atoms with Crippen LogP contribution in [0.5, 0.6) is 11.6 Å². The average Bonchev–Trinajstić information content (AvgIpc) is 2.64. The highest BCUT2D eigenvalue weighted by Gasteiger charge is 2.03. The third-order valence-electron chi connectivity index (χ3n) is 3.71. The molecule has 1 aromatic heterocycles. The number of rotatable bonds is 7. The summed E-state index contributed by atoms with van der Waals surface area (Å²) in [5.74, 6) is 0.257. The maximum absolute atomic E-state index is 13.1. The smallest absolute Gasteiger partial charge is 0.250 e. The second kappa shape index (κ2) is 8.22. The van der Waals surface area contributed by atoms with Crippen molar-refractivity contribution >= 4 is 5.91 Å². The Balaban J connectivity index is 1.52. The fourth-order valence-corrected chi connectivity index (χ4v) is 2.38. The highest BCUT2D eigenvalue weighted by atomic mass is 19.1. The summed E-state index contributed by atoms with van der Waals surface area (Å²) in [6.45, 7) is 1.24. The molecule has 0 saturated carbocycles. The number of benzene rings is 2. The molecule has 0 aliphatic heterocycles. The number of primary amides is 1. The van der Waals surface area contributed by atoms with Gasteiger partial charge in [-0.25, -0.2) is 9.37 Å². The van der Waals surface area contributed by atoms with E-state index < -0.39 is 5.91 Å². The van der Waals surface area contributed by atoms with Gasteiger partial charge in [0.1, 0.15) is 11.6 Å². The molecule has 26 heavy (non-hydrogen) atoms. The van der Waals surface area contributed by atoms with Crippen LogP contribution in [0.25, 0.3) is 0 Å². The van der Waals surface area contributed by atoms with Crippen LogP contribution in [0.1, 0.15) is 21.5 Å². The number of nitrogens with one attached hydrogen (secondary N) is 1.